The minimum absolute atomic E-state index is 0.135. The Hall–Kier alpha value is -0.860. The lowest BCUT2D eigenvalue weighted by atomic mass is 9.85. The van der Waals surface area contributed by atoms with Crippen LogP contribution in [0.3, 0.4) is 0 Å². The third kappa shape index (κ3) is 3.58. The van der Waals surface area contributed by atoms with E-state index < -0.39 is 5.54 Å². The Kier molecular flexibility index (Phi) is 5.00. The zero-order chi connectivity index (χ0) is 13.7. The second-order valence-corrected chi connectivity index (χ2v) is 6.78. The monoisotopic (exact) mass is 340 g/mol. The molecule has 0 unspecified atom stereocenters. The van der Waals surface area contributed by atoms with Crippen LogP contribution < -0.4 is 5.32 Å². The van der Waals surface area contributed by atoms with Gasteiger partial charge in [-0.05, 0) is 40.2 Å². The van der Waals surface area contributed by atoms with Gasteiger partial charge in [-0.25, -0.2) is 0 Å². The van der Waals surface area contributed by atoms with Crippen molar-refractivity contribution in [2.24, 2.45) is 0 Å². The minimum Gasteiger partial charge on any atom is -0.333 e. The first kappa shape index (κ1) is 14.5. The maximum absolute atomic E-state index is 12.3. The highest BCUT2D eigenvalue weighted by atomic mass is 79.9. The van der Waals surface area contributed by atoms with Crippen LogP contribution in [0, 0.1) is 11.3 Å². The summed E-state index contributed by atoms with van der Waals surface area (Å²) in [6.45, 7) is 0. The smallest absolute Gasteiger partial charge is 0.263 e. The van der Waals surface area contributed by atoms with Crippen molar-refractivity contribution in [3.8, 4) is 6.07 Å². The summed E-state index contributed by atoms with van der Waals surface area (Å²) in [7, 11) is 0. The van der Waals surface area contributed by atoms with Gasteiger partial charge in [0.1, 0.15) is 10.4 Å². The van der Waals surface area contributed by atoms with E-state index in [0.717, 1.165) is 43.0 Å². The molecule has 1 fully saturated rings. The predicted octanol–water partition coefficient (Wildman–Crippen LogP) is 4.25. The van der Waals surface area contributed by atoms with Crippen molar-refractivity contribution >= 4 is 33.2 Å². The van der Waals surface area contributed by atoms with E-state index in [1.54, 1.807) is 0 Å². The molecule has 0 bridgehead atoms. The van der Waals surface area contributed by atoms with Crippen molar-refractivity contribution in [2.45, 2.75) is 50.5 Å². The van der Waals surface area contributed by atoms with Gasteiger partial charge in [0.2, 0.25) is 0 Å². The highest BCUT2D eigenvalue weighted by Gasteiger charge is 2.32. The number of halogens is 1. The van der Waals surface area contributed by atoms with Gasteiger partial charge in [-0.3, -0.25) is 4.79 Å². The standard InChI is InChI=1S/C14H17BrN2OS/c15-11-6-9-19-12(11)13(18)17-14(10-16)7-4-2-1-3-5-8-14/h6,9H,1-5,7-8H2,(H,17,18). The van der Waals surface area contributed by atoms with E-state index in [2.05, 4.69) is 27.3 Å². The van der Waals surface area contributed by atoms with Crippen LogP contribution in [-0.4, -0.2) is 11.4 Å². The summed E-state index contributed by atoms with van der Waals surface area (Å²) < 4.78 is 0.800. The van der Waals surface area contributed by atoms with Gasteiger partial charge in [0.05, 0.1) is 6.07 Å². The summed E-state index contributed by atoms with van der Waals surface area (Å²) in [5, 5.41) is 14.3. The van der Waals surface area contributed by atoms with Crippen molar-refractivity contribution in [1.82, 2.24) is 5.32 Å². The van der Waals surface area contributed by atoms with Gasteiger partial charge in [0, 0.05) is 4.47 Å². The van der Waals surface area contributed by atoms with E-state index in [4.69, 9.17) is 0 Å². The number of rotatable bonds is 2. The van der Waals surface area contributed by atoms with Gasteiger partial charge in [0.15, 0.2) is 0 Å². The molecule has 3 nitrogen and oxygen atoms in total. The zero-order valence-corrected chi connectivity index (χ0v) is 13.1. The minimum atomic E-state index is -0.680. The number of thiophene rings is 1. The molecular formula is C14H17BrN2OS. The number of hydrogen-bond donors (Lipinski definition) is 1. The van der Waals surface area contributed by atoms with Crippen molar-refractivity contribution in [2.75, 3.05) is 0 Å². The molecule has 19 heavy (non-hydrogen) atoms. The van der Waals surface area contributed by atoms with Gasteiger partial charge in [-0.2, -0.15) is 5.26 Å². The van der Waals surface area contributed by atoms with Gasteiger partial charge in [-0.1, -0.05) is 32.1 Å². The molecule has 0 radical (unpaired) electrons. The lowest BCUT2D eigenvalue weighted by Gasteiger charge is -2.29. The first-order valence-corrected chi connectivity index (χ1v) is 8.31. The molecule has 1 aliphatic carbocycles. The fourth-order valence-corrected chi connectivity index (χ4v) is 3.95. The molecule has 1 amide bonds. The maximum atomic E-state index is 12.3. The Balaban J connectivity index is 2.11. The van der Waals surface area contributed by atoms with E-state index >= 15 is 0 Å². The second kappa shape index (κ2) is 6.53. The number of nitriles is 1. The quantitative estimate of drug-likeness (QED) is 0.874. The molecule has 1 aliphatic rings. The summed E-state index contributed by atoms with van der Waals surface area (Å²) >= 11 is 4.76. The summed E-state index contributed by atoms with van der Waals surface area (Å²) in [5.74, 6) is -0.135. The summed E-state index contributed by atoms with van der Waals surface area (Å²) in [6.07, 6.45) is 7.10. The first-order valence-electron chi connectivity index (χ1n) is 6.64. The molecule has 1 saturated carbocycles. The second-order valence-electron chi connectivity index (χ2n) is 5.01. The first-order chi connectivity index (χ1) is 9.17. The van der Waals surface area contributed by atoms with Crippen LogP contribution in [0.25, 0.3) is 0 Å². The van der Waals surface area contributed by atoms with Crippen molar-refractivity contribution in [3.63, 3.8) is 0 Å². The van der Waals surface area contributed by atoms with Crippen molar-refractivity contribution < 1.29 is 4.79 Å². The van der Waals surface area contributed by atoms with Crippen LogP contribution in [0.2, 0.25) is 0 Å². The van der Waals surface area contributed by atoms with Gasteiger partial charge < -0.3 is 5.32 Å². The molecule has 1 aromatic heterocycles. The molecule has 0 aliphatic heterocycles. The van der Waals surface area contributed by atoms with E-state index in [9.17, 15) is 10.1 Å². The van der Waals surface area contributed by atoms with E-state index in [1.807, 2.05) is 11.4 Å². The highest BCUT2D eigenvalue weighted by Crippen LogP contribution is 2.28. The Bertz CT molecular complexity index is 484. The Morgan fingerprint density at radius 2 is 1.95 bits per heavy atom. The average molecular weight is 341 g/mol. The lowest BCUT2D eigenvalue weighted by molar-refractivity contribution is 0.0911. The van der Waals surface area contributed by atoms with E-state index in [0.29, 0.717) is 4.88 Å². The van der Waals surface area contributed by atoms with Crippen LogP contribution in [0.4, 0.5) is 0 Å². The van der Waals surface area contributed by atoms with Crippen LogP contribution >= 0.6 is 27.3 Å². The number of carbonyl (C=O) groups excluding carboxylic acids is 1. The Morgan fingerprint density at radius 1 is 1.32 bits per heavy atom. The number of nitrogens with zero attached hydrogens (tertiary/aromatic N) is 1. The SMILES string of the molecule is N#CC1(NC(=O)c2sccc2Br)CCCCCCC1. The predicted molar refractivity (Wildman–Crippen MR) is 80.1 cm³/mol. The van der Waals surface area contributed by atoms with Crippen LogP contribution in [0.15, 0.2) is 15.9 Å². The van der Waals surface area contributed by atoms with E-state index in [1.165, 1.54) is 17.8 Å². The van der Waals surface area contributed by atoms with Crippen LogP contribution in [-0.2, 0) is 0 Å². The van der Waals surface area contributed by atoms with Crippen LogP contribution in [0.5, 0.6) is 0 Å². The zero-order valence-electron chi connectivity index (χ0n) is 10.7. The third-order valence-corrected chi connectivity index (χ3v) is 5.43. The average Bonchev–Trinajstić information content (AvgIpc) is 2.79. The van der Waals surface area contributed by atoms with Crippen molar-refractivity contribution in [3.05, 3.63) is 20.8 Å². The van der Waals surface area contributed by atoms with E-state index in [-0.39, 0.29) is 5.91 Å². The molecule has 1 aromatic rings. The van der Waals surface area contributed by atoms with Gasteiger partial charge >= 0.3 is 0 Å². The number of carbonyl (C=O) groups is 1. The fourth-order valence-electron chi connectivity index (χ4n) is 2.50. The largest absolute Gasteiger partial charge is 0.333 e. The molecule has 2 rings (SSSR count). The third-order valence-electron chi connectivity index (χ3n) is 3.60. The summed E-state index contributed by atoms with van der Waals surface area (Å²) in [4.78, 5) is 12.9. The van der Waals surface area contributed by atoms with Crippen LogP contribution in [0.1, 0.15) is 54.6 Å². The lowest BCUT2D eigenvalue weighted by Crippen LogP contribution is -2.47. The molecular weight excluding hydrogens is 324 g/mol. The number of amides is 1. The maximum Gasteiger partial charge on any atom is 0.263 e. The molecule has 102 valence electrons. The molecule has 0 spiro atoms. The van der Waals surface area contributed by atoms with Crippen molar-refractivity contribution in [1.29, 1.82) is 5.26 Å². The van der Waals surface area contributed by atoms with Gasteiger partial charge in [0.25, 0.3) is 5.91 Å². The number of nitrogens with one attached hydrogen (secondary N) is 1. The summed E-state index contributed by atoms with van der Waals surface area (Å²) in [6, 6.07) is 4.21. The Labute approximate surface area is 126 Å². The highest BCUT2D eigenvalue weighted by molar-refractivity contribution is 9.10. The molecule has 0 aromatic carbocycles. The molecule has 1 N–H and O–H groups in total. The van der Waals surface area contributed by atoms with Gasteiger partial charge in [-0.15, -0.1) is 11.3 Å². The normalized spacial score (nSPS) is 18.9. The number of hydrogen-bond acceptors (Lipinski definition) is 3. The Morgan fingerprint density at radius 3 is 2.47 bits per heavy atom. The topological polar surface area (TPSA) is 52.9 Å². The molecule has 0 saturated heterocycles. The molecule has 5 heteroatoms. The summed E-state index contributed by atoms with van der Waals surface area (Å²) in [5.41, 5.74) is -0.680. The fraction of sp³-hybridized carbons (Fsp3) is 0.571. The molecule has 0 atom stereocenters. The molecule has 1 heterocycles.